The van der Waals surface area contributed by atoms with Gasteiger partial charge in [-0.1, -0.05) is 72.8 Å². The molecule has 0 fully saturated rings. The molecule has 0 spiro atoms. The molecule has 0 amide bonds. The Kier molecular flexibility index (Phi) is 6.27. The summed E-state index contributed by atoms with van der Waals surface area (Å²) in [4.78, 5) is 13.2. The van der Waals surface area contributed by atoms with Crippen LogP contribution in [0.4, 0.5) is 13.2 Å². The largest absolute Gasteiger partial charge is 0.506 e. The molecule has 0 saturated heterocycles. The van der Waals surface area contributed by atoms with Crippen LogP contribution < -0.4 is 10.4 Å². The molecule has 0 aliphatic heterocycles. The van der Waals surface area contributed by atoms with E-state index in [9.17, 15) is 23.1 Å². The van der Waals surface area contributed by atoms with Gasteiger partial charge < -0.3 is 14.3 Å². The summed E-state index contributed by atoms with van der Waals surface area (Å²) in [5.41, 5.74) is 1.66. The number of alkyl halides is 3. The second-order valence-electron chi connectivity index (χ2n) is 9.33. The van der Waals surface area contributed by atoms with E-state index in [1.807, 2.05) is 48.5 Å². The van der Waals surface area contributed by atoms with Crippen LogP contribution >= 0.6 is 0 Å². The lowest BCUT2D eigenvalue weighted by atomic mass is 9.89. The van der Waals surface area contributed by atoms with Crippen molar-refractivity contribution in [3.63, 3.8) is 0 Å². The van der Waals surface area contributed by atoms with E-state index in [2.05, 4.69) is 0 Å². The van der Waals surface area contributed by atoms with Crippen LogP contribution in [-0.2, 0) is 12.8 Å². The summed E-state index contributed by atoms with van der Waals surface area (Å²) in [6.07, 6.45) is -4.39. The first-order valence-electron chi connectivity index (χ1n) is 12.5. The van der Waals surface area contributed by atoms with Gasteiger partial charge >= 0.3 is 11.8 Å². The maximum atomic E-state index is 13.2. The van der Waals surface area contributed by atoms with E-state index < -0.39 is 17.4 Å². The van der Waals surface area contributed by atoms with Crippen LogP contribution in [-0.4, -0.2) is 5.11 Å². The summed E-state index contributed by atoms with van der Waals surface area (Å²) < 4.78 is 49.8. The lowest BCUT2D eigenvalue weighted by molar-refractivity contribution is -0.137. The Balaban J connectivity index is 1.38. The van der Waals surface area contributed by atoms with Crippen molar-refractivity contribution >= 4 is 21.7 Å². The van der Waals surface area contributed by atoms with Crippen molar-refractivity contribution in [1.29, 1.82) is 0 Å². The molecule has 0 aliphatic carbocycles. The van der Waals surface area contributed by atoms with Crippen LogP contribution in [0.2, 0.25) is 0 Å². The topological polar surface area (TPSA) is 59.7 Å². The zero-order valence-corrected chi connectivity index (χ0v) is 20.9. The normalized spacial score (nSPS) is 11.7. The molecule has 198 valence electrons. The molecule has 0 radical (unpaired) electrons. The van der Waals surface area contributed by atoms with Gasteiger partial charge in [0.25, 0.3) is 0 Å². The lowest BCUT2D eigenvalue weighted by Gasteiger charge is -2.15. The summed E-state index contributed by atoms with van der Waals surface area (Å²) >= 11 is 0. The molecule has 0 saturated carbocycles. The van der Waals surface area contributed by atoms with Gasteiger partial charge in [-0.2, -0.15) is 13.2 Å². The van der Waals surface area contributed by atoms with E-state index in [0.717, 1.165) is 28.5 Å². The van der Waals surface area contributed by atoms with Crippen LogP contribution in [0.1, 0.15) is 11.1 Å². The van der Waals surface area contributed by atoms with Gasteiger partial charge in [-0.15, -0.1) is 0 Å². The number of ether oxygens (including phenoxy) is 1. The number of hydrogen-bond donors (Lipinski definition) is 1. The van der Waals surface area contributed by atoms with Crippen molar-refractivity contribution in [2.24, 2.45) is 0 Å². The second-order valence-corrected chi connectivity index (χ2v) is 9.33. The minimum atomic E-state index is -4.39. The molecule has 0 unspecified atom stereocenters. The summed E-state index contributed by atoms with van der Waals surface area (Å²) in [6, 6.07) is 30.3. The van der Waals surface area contributed by atoms with Gasteiger partial charge in [0.05, 0.1) is 10.9 Å². The molecule has 0 aliphatic rings. The highest BCUT2D eigenvalue weighted by Gasteiger charge is 2.30. The first kappa shape index (κ1) is 25.2. The first-order valence-corrected chi connectivity index (χ1v) is 12.5. The zero-order valence-electron chi connectivity index (χ0n) is 20.9. The molecular weight excluding hydrogens is 517 g/mol. The number of fused-ring (bicyclic) bond motifs is 2. The van der Waals surface area contributed by atoms with Gasteiger partial charge in [0, 0.05) is 5.56 Å². The van der Waals surface area contributed by atoms with Crippen LogP contribution in [0.3, 0.4) is 0 Å². The molecule has 5 aromatic carbocycles. The van der Waals surface area contributed by atoms with Crippen LogP contribution in [0.15, 0.2) is 118 Å². The van der Waals surface area contributed by atoms with Crippen LogP contribution in [0.5, 0.6) is 11.5 Å². The monoisotopic (exact) mass is 538 g/mol. The quantitative estimate of drug-likeness (QED) is 0.223. The van der Waals surface area contributed by atoms with Gasteiger partial charge in [-0.25, -0.2) is 4.79 Å². The molecule has 40 heavy (non-hydrogen) atoms. The van der Waals surface area contributed by atoms with Crippen molar-refractivity contribution in [1.82, 2.24) is 0 Å². The Hall–Kier alpha value is -5.04. The van der Waals surface area contributed by atoms with Crippen LogP contribution in [0.25, 0.3) is 44.0 Å². The Bertz CT molecular complexity index is 1910. The van der Waals surface area contributed by atoms with E-state index in [4.69, 9.17) is 9.15 Å². The number of hydrogen-bond acceptors (Lipinski definition) is 4. The van der Waals surface area contributed by atoms with Crippen LogP contribution in [0, 0.1) is 0 Å². The standard InChI is InChI=1S/C33H21F3O4/c34-33(35,36)23-14-9-20(10-15-23)19-39-24-16-11-22(12-17-24)26-18-13-21-5-1-2-6-25(21)29(26)30-31(37)27-7-3-4-8-28(27)40-32(30)38/h1-18,37H,19H2. The molecule has 7 heteroatoms. The van der Waals surface area contributed by atoms with Crippen molar-refractivity contribution in [2.75, 3.05) is 0 Å². The number of aromatic hydroxyl groups is 1. The summed E-state index contributed by atoms with van der Waals surface area (Å²) in [7, 11) is 0. The zero-order chi connectivity index (χ0) is 27.9. The SMILES string of the molecule is O=c1oc2ccccc2c(O)c1-c1c(-c2ccc(OCc3ccc(C(F)(F)F)cc3)cc2)ccc2ccccc12. The third-order valence-corrected chi connectivity index (χ3v) is 6.82. The van der Waals surface area contributed by atoms with E-state index in [1.54, 1.807) is 36.4 Å². The molecule has 0 atom stereocenters. The predicted octanol–water partition coefficient (Wildman–Crippen LogP) is 8.58. The fourth-order valence-corrected chi connectivity index (χ4v) is 4.82. The second kappa shape index (κ2) is 9.93. The third kappa shape index (κ3) is 4.66. The molecule has 0 bridgehead atoms. The van der Waals surface area contributed by atoms with E-state index in [0.29, 0.717) is 33.4 Å². The van der Waals surface area contributed by atoms with Gasteiger partial charge in [0.15, 0.2) is 0 Å². The molecule has 4 nitrogen and oxygen atoms in total. The van der Waals surface area contributed by atoms with Gasteiger partial charge in [0.2, 0.25) is 0 Å². The molecule has 1 heterocycles. The number of benzene rings is 5. The van der Waals surface area contributed by atoms with Crippen molar-refractivity contribution in [2.45, 2.75) is 12.8 Å². The fourth-order valence-electron chi connectivity index (χ4n) is 4.82. The smallest absolute Gasteiger partial charge is 0.416 e. The Morgan fingerprint density at radius 3 is 2.12 bits per heavy atom. The minimum absolute atomic E-state index is 0.0770. The maximum absolute atomic E-state index is 13.2. The summed E-state index contributed by atoms with van der Waals surface area (Å²) in [5.74, 6) is 0.375. The number of para-hydroxylation sites is 1. The number of halogens is 3. The third-order valence-electron chi connectivity index (χ3n) is 6.82. The predicted molar refractivity (Wildman–Crippen MR) is 148 cm³/mol. The van der Waals surface area contributed by atoms with E-state index in [1.165, 1.54) is 12.1 Å². The van der Waals surface area contributed by atoms with Gasteiger partial charge in [-0.05, 0) is 63.9 Å². The fraction of sp³-hybridized carbons (Fsp3) is 0.0606. The number of rotatable bonds is 5. The lowest BCUT2D eigenvalue weighted by Crippen LogP contribution is -2.05. The van der Waals surface area contributed by atoms with E-state index >= 15 is 0 Å². The highest BCUT2D eigenvalue weighted by atomic mass is 19.4. The summed E-state index contributed by atoms with van der Waals surface area (Å²) in [6.45, 7) is 0.102. The molecule has 1 N–H and O–H groups in total. The first-order chi connectivity index (χ1) is 19.3. The minimum Gasteiger partial charge on any atom is -0.506 e. The van der Waals surface area contributed by atoms with Gasteiger partial charge in [-0.3, -0.25) is 0 Å². The summed E-state index contributed by atoms with van der Waals surface area (Å²) in [5, 5.41) is 13.4. The average molecular weight is 539 g/mol. The van der Waals surface area contributed by atoms with Gasteiger partial charge in [0.1, 0.15) is 29.3 Å². The Morgan fingerprint density at radius 1 is 0.725 bits per heavy atom. The van der Waals surface area contributed by atoms with Crippen molar-refractivity contribution in [3.8, 4) is 33.8 Å². The highest BCUT2D eigenvalue weighted by Crippen LogP contribution is 2.42. The Morgan fingerprint density at radius 2 is 1.40 bits per heavy atom. The molecular formula is C33H21F3O4. The van der Waals surface area contributed by atoms with E-state index in [-0.39, 0.29) is 17.9 Å². The van der Waals surface area contributed by atoms with Crippen molar-refractivity contribution < 1.29 is 27.4 Å². The molecule has 6 rings (SSSR count). The molecule has 6 aromatic rings. The molecule has 1 aromatic heterocycles. The Labute approximate surface area is 226 Å². The maximum Gasteiger partial charge on any atom is 0.416 e. The van der Waals surface area contributed by atoms with Crippen molar-refractivity contribution in [3.05, 3.63) is 131 Å². The average Bonchev–Trinajstić information content (AvgIpc) is 2.96. The highest BCUT2D eigenvalue weighted by molar-refractivity contribution is 6.07.